The predicted molar refractivity (Wildman–Crippen MR) is 41.1 cm³/mol. The number of hydrogen-bond acceptors (Lipinski definition) is 2. The van der Waals surface area contributed by atoms with Crippen molar-refractivity contribution in [2.75, 3.05) is 6.61 Å². The Labute approximate surface area is 65.8 Å². The lowest BCUT2D eigenvalue weighted by Crippen LogP contribution is -2.18. The fourth-order valence-corrected chi connectivity index (χ4v) is 0.480. The first-order valence-electron chi connectivity index (χ1n) is 3.05. The van der Waals surface area contributed by atoms with Crippen molar-refractivity contribution in [3.63, 3.8) is 0 Å². The number of alkyl halides is 1. The van der Waals surface area contributed by atoms with Gasteiger partial charge in [-0.25, -0.2) is 0 Å². The summed E-state index contributed by atoms with van der Waals surface area (Å²) < 4.78 is 4.63. The van der Waals surface area contributed by atoms with Crippen molar-refractivity contribution in [2.45, 2.75) is 19.2 Å². The lowest BCUT2D eigenvalue weighted by molar-refractivity contribution is -0.141. The maximum Gasteiger partial charge on any atom is 0.328 e. The summed E-state index contributed by atoms with van der Waals surface area (Å²) in [5.74, 6) is -0.420. The Bertz CT molecular complexity index is 143. The maximum absolute atomic E-state index is 10.8. The van der Waals surface area contributed by atoms with Gasteiger partial charge in [0.25, 0.3) is 0 Å². The number of ether oxygens (including phenoxy) is 1. The summed E-state index contributed by atoms with van der Waals surface area (Å²) in [7, 11) is 0. The van der Waals surface area contributed by atoms with Crippen molar-refractivity contribution in [2.24, 2.45) is 0 Å². The monoisotopic (exact) mass is 162 g/mol. The van der Waals surface area contributed by atoms with Gasteiger partial charge in [-0.15, -0.1) is 11.6 Å². The van der Waals surface area contributed by atoms with E-state index in [1.54, 1.807) is 13.8 Å². The van der Waals surface area contributed by atoms with Gasteiger partial charge in [0.1, 0.15) is 0 Å². The fourth-order valence-electron chi connectivity index (χ4n) is 0.417. The minimum Gasteiger partial charge on any atom is -0.465 e. The highest BCUT2D eigenvalue weighted by atomic mass is 35.5. The second kappa shape index (κ2) is 4.34. The highest BCUT2D eigenvalue weighted by Crippen LogP contribution is 2.08. The summed E-state index contributed by atoms with van der Waals surface area (Å²) in [6.07, 6.45) is 0. The van der Waals surface area contributed by atoms with Crippen molar-refractivity contribution in [1.29, 1.82) is 0 Å². The highest BCUT2D eigenvalue weighted by Gasteiger charge is 2.15. The van der Waals surface area contributed by atoms with Gasteiger partial charge in [-0.1, -0.05) is 12.2 Å². The van der Waals surface area contributed by atoms with Gasteiger partial charge in [-0.3, -0.25) is 4.79 Å². The first-order chi connectivity index (χ1) is 4.59. The Hall–Kier alpha value is -0.500. The van der Waals surface area contributed by atoms with Gasteiger partial charge >= 0.3 is 5.97 Å². The number of carbonyl (C=O) groups excluding carboxylic acids is 1. The third kappa shape index (κ3) is 2.87. The van der Waals surface area contributed by atoms with Gasteiger partial charge < -0.3 is 4.74 Å². The van der Waals surface area contributed by atoms with Gasteiger partial charge in [-0.2, -0.15) is 0 Å². The molecule has 1 unspecified atom stereocenters. The van der Waals surface area contributed by atoms with Crippen LogP contribution in [0.4, 0.5) is 0 Å². The molecule has 0 radical (unpaired) electrons. The largest absolute Gasteiger partial charge is 0.465 e. The molecule has 0 aromatic carbocycles. The smallest absolute Gasteiger partial charge is 0.328 e. The third-order valence-corrected chi connectivity index (χ3v) is 1.48. The molecule has 10 heavy (non-hydrogen) atoms. The molecule has 0 fully saturated rings. The number of halogens is 1. The summed E-state index contributed by atoms with van der Waals surface area (Å²) in [5, 5.41) is -0.694. The predicted octanol–water partition coefficient (Wildman–Crippen LogP) is 1.73. The molecule has 3 heteroatoms. The van der Waals surface area contributed by atoms with Crippen molar-refractivity contribution >= 4 is 17.6 Å². The topological polar surface area (TPSA) is 26.3 Å². The molecule has 0 N–H and O–H groups in total. The van der Waals surface area contributed by atoms with Gasteiger partial charge in [0.2, 0.25) is 0 Å². The molecule has 0 saturated heterocycles. The molecule has 0 aliphatic carbocycles. The van der Waals surface area contributed by atoms with Crippen LogP contribution in [0, 0.1) is 0 Å². The molecule has 0 spiro atoms. The molecule has 58 valence electrons. The van der Waals surface area contributed by atoms with Crippen LogP contribution < -0.4 is 0 Å². The highest BCUT2D eigenvalue weighted by molar-refractivity contribution is 6.31. The normalized spacial score (nSPS) is 12.3. The van der Waals surface area contributed by atoms with Gasteiger partial charge in [0, 0.05) is 0 Å². The van der Waals surface area contributed by atoms with Crippen LogP contribution in [0.2, 0.25) is 0 Å². The molecule has 0 rings (SSSR count). The molecular weight excluding hydrogens is 152 g/mol. The van der Waals surface area contributed by atoms with Gasteiger partial charge in [0.15, 0.2) is 5.38 Å². The summed E-state index contributed by atoms with van der Waals surface area (Å²) in [4.78, 5) is 10.8. The van der Waals surface area contributed by atoms with Gasteiger partial charge in [-0.05, 0) is 13.8 Å². The Kier molecular flexibility index (Phi) is 4.12. The van der Waals surface area contributed by atoms with E-state index < -0.39 is 11.3 Å². The number of carbonyl (C=O) groups is 1. The Morgan fingerprint density at radius 1 is 1.80 bits per heavy atom. The van der Waals surface area contributed by atoms with Gasteiger partial charge in [0.05, 0.1) is 6.61 Å². The lowest BCUT2D eigenvalue weighted by atomic mass is 10.2. The van der Waals surface area contributed by atoms with E-state index in [4.69, 9.17) is 11.6 Å². The van der Waals surface area contributed by atoms with Crippen LogP contribution in [0.25, 0.3) is 0 Å². The van der Waals surface area contributed by atoms with Crippen LogP contribution in [-0.2, 0) is 9.53 Å². The zero-order valence-electron chi connectivity index (χ0n) is 6.19. The first kappa shape index (κ1) is 9.50. The molecule has 0 bridgehead atoms. The Morgan fingerprint density at radius 2 is 2.30 bits per heavy atom. The van der Waals surface area contributed by atoms with Crippen LogP contribution in [0.5, 0.6) is 0 Å². The molecular formula is C7H11ClO2. The third-order valence-electron chi connectivity index (χ3n) is 0.926. The van der Waals surface area contributed by atoms with E-state index in [-0.39, 0.29) is 0 Å². The fraction of sp³-hybridized carbons (Fsp3) is 0.571. The van der Waals surface area contributed by atoms with Crippen molar-refractivity contribution in [1.82, 2.24) is 0 Å². The molecule has 0 saturated carbocycles. The lowest BCUT2D eigenvalue weighted by Gasteiger charge is -2.06. The molecule has 0 aliphatic rings. The standard InChI is InChI=1S/C7H11ClO2/c1-4-10-7(9)6(8)5(2)3/h6H,2,4H2,1,3H3. The Morgan fingerprint density at radius 3 is 2.60 bits per heavy atom. The van der Waals surface area contributed by atoms with E-state index in [1.165, 1.54) is 0 Å². The van der Waals surface area contributed by atoms with E-state index in [9.17, 15) is 4.79 Å². The second-order valence-corrected chi connectivity index (χ2v) is 2.40. The number of hydrogen-bond donors (Lipinski definition) is 0. The van der Waals surface area contributed by atoms with Crippen molar-refractivity contribution in [3.8, 4) is 0 Å². The van der Waals surface area contributed by atoms with E-state index in [0.29, 0.717) is 12.2 Å². The second-order valence-electron chi connectivity index (χ2n) is 1.96. The van der Waals surface area contributed by atoms with E-state index in [1.807, 2.05) is 0 Å². The first-order valence-corrected chi connectivity index (χ1v) is 3.49. The quantitative estimate of drug-likeness (QED) is 0.359. The minimum absolute atomic E-state index is 0.356. The number of esters is 1. The summed E-state index contributed by atoms with van der Waals surface area (Å²) in [6.45, 7) is 7.31. The zero-order chi connectivity index (χ0) is 8.15. The molecule has 0 aliphatic heterocycles. The van der Waals surface area contributed by atoms with Crippen molar-refractivity contribution < 1.29 is 9.53 Å². The van der Waals surface area contributed by atoms with Crippen LogP contribution >= 0.6 is 11.6 Å². The van der Waals surface area contributed by atoms with E-state index in [2.05, 4.69) is 11.3 Å². The Balaban J connectivity index is 3.82. The zero-order valence-corrected chi connectivity index (χ0v) is 6.94. The molecule has 1 atom stereocenters. The summed E-state index contributed by atoms with van der Waals surface area (Å²) in [5.41, 5.74) is 0.611. The molecule has 0 aromatic heterocycles. The average Bonchev–Trinajstić information content (AvgIpc) is 1.87. The molecule has 0 heterocycles. The summed E-state index contributed by atoms with van der Waals surface area (Å²) in [6, 6.07) is 0. The SMILES string of the molecule is C=C(C)C(Cl)C(=O)OCC. The molecule has 2 nitrogen and oxygen atoms in total. The van der Waals surface area contributed by atoms with E-state index in [0.717, 1.165) is 0 Å². The van der Waals surface area contributed by atoms with Crippen LogP contribution in [0.3, 0.4) is 0 Å². The van der Waals surface area contributed by atoms with E-state index >= 15 is 0 Å². The van der Waals surface area contributed by atoms with Crippen LogP contribution in [0.1, 0.15) is 13.8 Å². The summed E-state index contributed by atoms with van der Waals surface area (Å²) >= 11 is 5.57. The molecule has 0 aromatic rings. The van der Waals surface area contributed by atoms with Crippen LogP contribution in [0.15, 0.2) is 12.2 Å². The van der Waals surface area contributed by atoms with Crippen LogP contribution in [-0.4, -0.2) is 18.0 Å². The average molecular weight is 163 g/mol. The number of rotatable bonds is 3. The maximum atomic E-state index is 10.8. The minimum atomic E-state index is -0.694. The molecule has 0 amide bonds. The van der Waals surface area contributed by atoms with Crippen molar-refractivity contribution in [3.05, 3.63) is 12.2 Å².